The molecule has 4 rings (SSSR count). The highest BCUT2D eigenvalue weighted by molar-refractivity contribution is 6.06. The minimum absolute atomic E-state index is 0.0293. The molecule has 0 spiro atoms. The summed E-state index contributed by atoms with van der Waals surface area (Å²) in [5, 5.41) is 5.03. The number of pyridine rings is 1. The molecular weight excluding hydrogens is 338 g/mol. The van der Waals surface area contributed by atoms with E-state index in [1.165, 1.54) is 5.56 Å². The smallest absolute Gasteiger partial charge is 0.255 e. The molecule has 140 valence electrons. The summed E-state index contributed by atoms with van der Waals surface area (Å²) in [5.41, 5.74) is 5.63. The summed E-state index contributed by atoms with van der Waals surface area (Å²) in [6, 6.07) is 8.17. The van der Waals surface area contributed by atoms with Crippen LogP contribution in [0.5, 0.6) is 0 Å². The molecular formula is C22H25N3O2. The SMILES string of the molecule is CCc1ccc2nc(C)cc(C(=O)N3CCC[C@@H]3c3c(C)noc3C)c2c1. The standard InChI is InChI=1S/C22H25N3O2/c1-5-16-8-9-19-17(12-16)18(11-13(2)23-19)22(26)25-10-6-7-20(25)21-14(3)24-27-15(21)4/h8-9,11-12,20H,5-7,10H2,1-4H3/t20-/m1/s1. The van der Waals surface area contributed by atoms with Gasteiger partial charge in [0.2, 0.25) is 0 Å². The van der Waals surface area contributed by atoms with E-state index < -0.39 is 0 Å². The highest BCUT2D eigenvalue weighted by Crippen LogP contribution is 2.37. The Kier molecular flexibility index (Phi) is 4.46. The molecule has 5 nitrogen and oxygen atoms in total. The Bertz CT molecular complexity index is 1000. The van der Waals surface area contributed by atoms with Gasteiger partial charge in [-0.25, -0.2) is 0 Å². The lowest BCUT2D eigenvalue weighted by Gasteiger charge is -2.25. The number of amides is 1. The lowest BCUT2D eigenvalue weighted by atomic mass is 10.00. The van der Waals surface area contributed by atoms with Crippen LogP contribution in [0.15, 0.2) is 28.8 Å². The number of hydrogen-bond acceptors (Lipinski definition) is 4. The van der Waals surface area contributed by atoms with E-state index in [1.54, 1.807) is 0 Å². The van der Waals surface area contributed by atoms with Crippen molar-refractivity contribution in [1.82, 2.24) is 15.0 Å². The third-order valence-corrected chi connectivity index (χ3v) is 5.58. The summed E-state index contributed by atoms with van der Waals surface area (Å²) >= 11 is 0. The van der Waals surface area contributed by atoms with Crippen molar-refractivity contribution >= 4 is 16.8 Å². The van der Waals surface area contributed by atoms with Crippen molar-refractivity contribution in [2.45, 2.75) is 53.0 Å². The molecule has 0 radical (unpaired) electrons. The van der Waals surface area contributed by atoms with Gasteiger partial charge in [-0.2, -0.15) is 0 Å². The summed E-state index contributed by atoms with van der Waals surface area (Å²) in [5.74, 6) is 0.877. The minimum atomic E-state index is 0.0293. The zero-order chi connectivity index (χ0) is 19.1. The van der Waals surface area contributed by atoms with Crippen molar-refractivity contribution < 1.29 is 9.32 Å². The van der Waals surface area contributed by atoms with Crippen molar-refractivity contribution in [3.63, 3.8) is 0 Å². The van der Waals surface area contributed by atoms with Crippen LogP contribution in [0.1, 0.15) is 64.4 Å². The maximum atomic E-state index is 13.6. The van der Waals surface area contributed by atoms with Crippen LogP contribution in [-0.2, 0) is 6.42 Å². The molecule has 0 unspecified atom stereocenters. The number of nitrogens with zero attached hydrogens (tertiary/aromatic N) is 3. The van der Waals surface area contributed by atoms with Gasteiger partial charge in [-0.1, -0.05) is 18.1 Å². The summed E-state index contributed by atoms with van der Waals surface area (Å²) in [6.45, 7) is 8.70. The van der Waals surface area contributed by atoms with E-state index in [0.29, 0.717) is 0 Å². The number of hydrogen-bond donors (Lipinski definition) is 0. The monoisotopic (exact) mass is 363 g/mol. The highest BCUT2D eigenvalue weighted by Gasteiger charge is 2.34. The van der Waals surface area contributed by atoms with E-state index in [9.17, 15) is 4.79 Å². The lowest BCUT2D eigenvalue weighted by Crippen LogP contribution is -2.31. The first-order chi connectivity index (χ1) is 13.0. The molecule has 1 aliphatic heterocycles. The zero-order valence-corrected chi connectivity index (χ0v) is 16.4. The number of carbonyl (C=O) groups excluding carboxylic acids is 1. The fourth-order valence-corrected chi connectivity index (χ4v) is 4.23. The third kappa shape index (κ3) is 3.01. The van der Waals surface area contributed by atoms with Gasteiger partial charge < -0.3 is 9.42 Å². The molecule has 0 saturated carbocycles. The van der Waals surface area contributed by atoms with Crippen molar-refractivity contribution in [1.29, 1.82) is 0 Å². The average molecular weight is 363 g/mol. The molecule has 0 N–H and O–H groups in total. The first-order valence-corrected chi connectivity index (χ1v) is 9.63. The normalized spacial score (nSPS) is 17.0. The molecule has 1 aromatic carbocycles. The second-order valence-electron chi connectivity index (χ2n) is 7.41. The van der Waals surface area contributed by atoms with Crippen LogP contribution < -0.4 is 0 Å². The van der Waals surface area contributed by atoms with Crippen LogP contribution in [0, 0.1) is 20.8 Å². The van der Waals surface area contributed by atoms with Gasteiger partial charge in [-0.15, -0.1) is 0 Å². The van der Waals surface area contributed by atoms with Gasteiger partial charge >= 0.3 is 0 Å². The Morgan fingerprint density at radius 3 is 2.78 bits per heavy atom. The summed E-state index contributed by atoms with van der Waals surface area (Å²) < 4.78 is 5.36. The maximum absolute atomic E-state index is 13.6. The number of fused-ring (bicyclic) bond motifs is 1. The minimum Gasteiger partial charge on any atom is -0.361 e. The number of carbonyl (C=O) groups is 1. The van der Waals surface area contributed by atoms with E-state index in [-0.39, 0.29) is 11.9 Å². The number of likely N-dealkylation sites (tertiary alicyclic amines) is 1. The molecule has 2 aromatic heterocycles. The lowest BCUT2D eigenvalue weighted by molar-refractivity contribution is 0.0736. The topological polar surface area (TPSA) is 59.2 Å². The van der Waals surface area contributed by atoms with Crippen LogP contribution in [0.2, 0.25) is 0 Å². The quantitative estimate of drug-likeness (QED) is 0.677. The van der Waals surface area contributed by atoms with Crippen molar-refractivity contribution in [2.24, 2.45) is 0 Å². The Hall–Kier alpha value is -2.69. The van der Waals surface area contributed by atoms with E-state index in [2.05, 4.69) is 29.2 Å². The second-order valence-corrected chi connectivity index (χ2v) is 7.41. The average Bonchev–Trinajstić information content (AvgIpc) is 3.26. The Balaban J connectivity index is 1.80. The highest BCUT2D eigenvalue weighted by atomic mass is 16.5. The summed E-state index contributed by atoms with van der Waals surface area (Å²) in [4.78, 5) is 20.2. The predicted molar refractivity (Wildman–Crippen MR) is 105 cm³/mol. The maximum Gasteiger partial charge on any atom is 0.255 e. The molecule has 27 heavy (non-hydrogen) atoms. The van der Waals surface area contributed by atoms with Gasteiger partial charge in [0.1, 0.15) is 5.76 Å². The molecule has 3 aromatic rings. The fourth-order valence-electron chi connectivity index (χ4n) is 4.23. The first-order valence-electron chi connectivity index (χ1n) is 9.63. The number of rotatable bonds is 3. The van der Waals surface area contributed by atoms with Crippen molar-refractivity contribution in [3.05, 3.63) is 58.1 Å². The number of aromatic nitrogens is 2. The molecule has 1 atom stereocenters. The summed E-state index contributed by atoms with van der Waals surface area (Å²) in [7, 11) is 0. The van der Waals surface area contributed by atoms with Gasteiger partial charge in [-0.3, -0.25) is 9.78 Å². The van der Waals surface area contributed by atoms with E-state index in [4.69, 9.17) is 4.52 Å². The Morgan fingerprint density at radius 1 is 1.26 bits per heavy atom. The first kappa shape index (κ1) is 17.7. The largest absolute Gasteiger partial charge is 0.361 e. The van der Waals surface area contributed by atoms with Crippen LogP contribution in [0.3, 0.4) is 0 Å². The second kappa shape index (κ2) is 6.80. The number of aryl methyl sites for hydroxylation is 4. The number of benzene rings is 1. The van der Waals surface area contributed by atoms with Gasteiger partial charge in [0.15, 0.2) is 0 Å². The summed E-state index contributed by atoms with van der Waals surface area (Å²) in [6.07, 6.45) is 2.86. The van der Waals surface area contributed by atoms with E-state index in [1.807, 2.05) is 37.8 Å². The molecule has 5 heteroatoms. The van der Waals surface area contributed by atoms with Gasteiger partial charge in [0.25, 0.3) is 5.91 Å². The van der Waals surface area contributed by atoms with Crippen LogP contribution >= 0.6 is 0 Å². The van der Waals surface area contributed by atoms with Gasteiger partial charge in [0.05, 0.1) is 22.8 Å². The molecule has 1 aliphatic rings. The predicted octanol–water partition coefficient (Wildman–Crippen LogP) is 4.69. The molecule has 0 aliphatic carbocycles. The molecule has 1 saturated heterocycles. The van der Waals surface area contributed by atoms with Gasteiger partial charge in [-0.05, 0) is 63.8 Å². The molecule has 3 heterocycles. The third-order valence-electron chi connectivity index (χ3n) is 5.58. The van der Waals surface area contributed by atoms with E-state index in [0.717, 1.165) is 65.0 Å². The molecule has 1 amide bonds. The zero-order valence-electron chi connectivity index (χ0n) is 16.4. The van der Waals surface area contributed by atoms with Crippen LogP contribution in [0.4, 0.5) is 0 Å². The van der Waals surface area contributed by atoms with E-state index >= 15 is 0 Å². The molecule has 0 bridgehead atoms. The van der Waals surface area contributed by atoms with Crippen LogP contribution in [0.25, 0.3) is 10.9 Å². The Morgan fingerprint density at radius 2 is 2.07 bits per heavy atom. The Labute approximate surface area is 159 Å². The van der Waals surface area contributed by atoms with Crippen LogP contribution in [-0.4, -0.2) is 27.5 Å². The fraction of sp³-hybridized carbons (Fsp3) is 0.409. The van der Waals surface area contributed by atoms with Crippen molar-refractivity contribution in [2.75, 3.05) is 6.54 Å². The van der Waals surface area contributed by atoms with Gasteiger partial charge in [0, 0.05) is 23.2 Å². The molecule has 1 fully saturated rings. The van der Waals surface area contributed by atoms with Crippen molar-refractivity contribution in [3.8, 4) is 0 Å².